The highest BCUT2D eigenvalue weighted by Gasteiger charge is 2.42. The number of anilines is 2. The maximum Gasteiger partial charge on any atom is 0.174 e. The van der Waals surface area contributed by atoms with Crippen molar-refractivity contribution in [2.45, 2.75) is 53.1 Å². The fourth-order valence-electron chi connectivity index (χ4n) is 7.01. The van der Waals surface area contributed by atoms with Gasteiger partial charge in [-0.05, 0) is 111 Å². The summed E-state index contributed by atoms with van der Waals surface area (Å²) in [4.78, 5) is 9.39. The van der Waals surface area contributed by atoms with Gasteiger partial charge in [0.1, 0.15) is 0 Å². The van der Waals surface area contributed by atoms with E-state index in [1.54, 1.807) is 0 Å². The number of nitrogens with zero attached hydrogens (tertiary/aromatic N) is 4. The van der Waals surface area contributed by atoms with Crippen molar-refractivity contribution >= 4 is 51.9 Å². The molecule has 0 aliphatic carbocycles. The summed E-state index contributed by atoms with van der Waals surface area (Å²) in [7, 11) is 0. The third-order valence-corrected chi connectivity index (χ3v) is 9.81. The molecule has 2 fully saturated rings. The lowest BCUT2D eigenvalue weighted by Crippen LogP contribution is -2.38. The van der Waals surface area contributed by atoms with Crippen LogP contribution < -0.4 is 15.1 Å². The minimum atomic E-state index is -0.143. The molecule has 2 saturated heterocycles. The number of aryl methyl sites for hydroxylation is 1. The number of hydrogen-bond donors (Lipinski definition) is 1. The van der Waals surface area contributed by atoms with Crippen molar-refractivity contribution in [1.82, 2.24) is 14.9 Å². The number of thiocarbonyl (C=S) groups is 1. The summed E-state index contributed by atoms with van der Waals surface area (Å²) in [5, 5.41) is 5.76. The Hall–Kier alpha value is -3.06. The average molecular weight is 619 g/mol. The standard InChI is InChI=1S/C34H37Cl2N5S/c1-20-15-21(2)19-39(18-20)31-13-12-25(17-28(31)36)41-33(32(38-34(41)42)29-10-6-7-14-37-29)26-16-22(3)40(24(26)5)30-11-8-9-27(35)23(30)4/h6-14,16-17,20-21,32-33H,15,18-19H2,1-5H3,(H,38,42)/t20-,21-,32-,33+/m0/s1. The molecule has 42 heavy (non-hydrogen) atoms. The van der Waals surface area contributed by atoms with Crippen molar-refractivity contribution in [2.24, 2.45) is 11.8 Å². The molecule has 5 nitrogen and oxygen atoms in total. The van der Waals surface area contributed by atoms with Crippen molar-refractivity contribution in [2.75, 3.05) is 22.9 Å². The molecule has 1 N–H and O–H groups in total. The molecule has 4 aromatic rings. The molecular weight excluding hydrogens is 581 g/mol. The normalized spacial score (nSPS) is 22.5. The second-order valence-electron chi connectivity index (χ2n) is 12.0. The van der Waals surface area contributed by atoms with Gasteiger partial charge >= 0.3 is 0 Å². The van der Waals surface area contributed by atoms with Crippen molar-refractivity contribution in [3.63, 3.8) is 0 Å². The lowest BCUT2D eigenvalue weighted by Gasteiger charge is -2.37. The second kappa shape index (κ2) is 11.6. The lowest BCUT2D eigenvalue weighted by molar-refractivity contribution is 0.357. The van der Waals surface area contributed by atoms with E-state index >= 15 is 0 Å². The van der Waals surface area contributed by atoms with E-state index in [9.17, 15) is 0 Å². The van der Waals surface area contributed by atoms with Gasteiger partial charge in [0.05, 0.1) is 28.5 Å². The van der Waals surface area contributed by atoms with Crippen LogP contribution in [0.5, 0.6) is 0 Å². The summed E-state index contributed by atoms with van der Waals surface area (Å²) >= 11 is 19.6. The van der Waals surface area contributed by atoms with Gasteiger partial charge in [-0.1, -0.05) is 49.2 Å². The van der Waals surface area contributed by atoms with E-state index in [-0.39, 0.29) is 12.1 Å². The number of pyridine rings is 1. The summed E-state index contributed by atoms with van der Waals surface area (Å²) in [5.74, 6) is 1.28. The lowest BCUT2D eigenvalue weighted by atomic mass is 9.91. The number of piperidine rings is 1. The monoisotopic (exact) mass is 617 g/mol. The van der Waals surface area contributed by atoms with E-state index in [0.29, 0.717) is 16.9 Å². The number of hydrogen-bond acceptors (Lipinski definition) is 3. The molecule has 218 valence electrons. The zero-order valence-corrected chi connectivity index (χ0v) is 27.1. The Morgan fingerprint density at radius 2 is 1.64 bits per heavy atom. The molecule has 4 heterocycles. The molecule has 0 saturated carbocycles. The molecule has 6 rings (SSSR count). The Morgan fingerprint density at radius 1 is 0.881 bits per heavy atom. The maximum atomic E-state index is 7.04. The van der Waals surface area contributed by atoms with Gasteiger partial charge in [-0.2, -0.15) is 0 Å². The van der Waals surface area contributed by atoms with Crippen molar-refractivity contribution < 1.29 is 0 Å². The third kappa shape index (κ3) is 5.18. The van der Waals surface area contributed by atoms with Crippen molar-refractivity contribution in [3.05, 3.63) is 105 Å². The molecular formula is C34H37Cl2N5S. The fourth-order valence-corrected chi connectivity index (χ4v) is 7.82. The predicted molar refractivity (Wildman–Crippen MR) is 180 cm³/mol. The minimum Gasteiger partial charge on any atom is -0.370 e. The minimum absolute atomic E-state index is 0.135. The number of halogens is 2. The molecule has 2 aromatic heterocycles. The van der Waals surface area contributed by atoms with Gasteiger partial charge in [-0.25, -0.2) is 0 Å². The molecule has 2 aliphatic rings. The molecule has 0 radical (unpaired) electrons. The Morgan fingerprint density at radius 3 is 2.33 bits per heavy atom. The van der Waals surface area contributed by atoms with E-state index in [1.165, 1.54) is 12.0 Å². The van der Waals surface area contributed by atoms with Crippen LogP contribution in [0, 0.1) is 32.6 Å². The van der Waals surface area contributed by atoms with E-state index in [2.05, 4.69) is 90.7 Å². The molecule has 2 aliphatic heterocycles. The van der Waals surface area contributed by atoms with Crippen LogP contribution in [0.25, 0.3) is 5.69 Å². The zero-order valence-electron chi connectivity index (χ0n) is 24.7. The average Bonchev–Trinajstić information content (AvgIpc) is 3.45. The van der Waals surface area contributed by atoms with Crippen molar-refractivity contribution in [3.8, 4) is 5.69 Å². The first-order valence-electron chi connectivity index (χ1n) is 14.6. The van der Waals surface area contributed by atoms with Gasteiger partial charge in [0.15, 0.2) is 5.11 Å². The Bertz CT molecular complexity index is 1620. The highest BCUT2D eigenvalue weighted by molar-refractivity contribution is 7.80. The summed E-state index contributed by atoms with van der Waals surface area (Å²) in [6.07, 6.45) is 3.09. The first kappa shape index (κ1) is 29.0. The summed E-state index contributed by atoms with van der Waals surface area (Å²) in [6, 6.07) is 20.5. The topological polar surface area (TPSA) is 36.3 Å². The predicted octanol–water partition coefficient (Wildman–Crippen LogP) is 8.76. The Kier molecular flexibility index (Phi) is 7.99. The quantitative estimate of drug-likeness (QED) is 0.226. The van der Waals surface area contributed by atoms with E-state index in [4.69, 9.17) is 40.4 Å². The Labute approximate surface area is 264 Å². The van der Waals surface area contributed by atoms with Crippen LogP contribution in [0.2, 0.25) is 10.0 Å². The number of benzene rings is 2. The van der Waals surface area contributed by atoms with Crippen LogP contribution in [0.4, 0.5) is 11.4 Å². The smallest absolute Gasteiger partial charge is 0.174 e. The SMILES string of the molecule is Cc1c(Cl)cccc1-n1c(C)cc([C@@H]2[C@H](c3ccccn3)NC(=S)N2c2ccc(N3C[C@@H](C)C[C@H](C)C3)c(Cl)c2)c1C. The van der Waals surface area contributed by atoms with Gasteiger partial charge in [0.2, 0.25) is 0 Å². The van der Waals surface area contributed by atoms with Gasteiger partial charge in [0.25, 0.3) is 0 Å². The summed E-state index contributed by atoms with van der Waals surface area (Å²) in [6.45, 7) is 13.1. The largest absolute Gasteiger partial charge is 0.370 e. The molecule has 0 amide bonds. The molecule has 0 bridgehead atoms. The van der Waals surface area contributed by atoms with Gasteiger partial charge in [0, 0.05) is 47.1 Å². The highest BCUT2D eigenvalue weighted by atomic mass is 35.5. The first-order chi connectivity index (χ1) is 20.1. The van der Waals surface area contributed by atoms with Crippen molar-refractivity contribution in [1.29, 1.82) is 0 Å². The summed E-state index contributed by atoms with van der Waals surface area (Å²) < 4.78 is 2.29. The van der Waals surface area contributed by atoms with Crippen LogP contribution in [0.15, 0.2) is 66.9 Å². The molecule has 4 atom stereocenters. The molecule has 2 aromatic carbocycles. The Balaban J connectivity index is 1.45. The summed E-state index contributed by atoms with van der Waals surface area (Å²) in [5.41, 5.74) is 8.57. The van der Waals surface area contributed by atoms with Gasteiger partial charge < -0.3 is 19.7 Å². The van der Waals surface area contributed by atoms with Crippen LogP contribution in [0.1, 0.15) is 60.6 Å². The molecule has 8 heteroatoms. The van der Waals surface area contributed by atoms with E-state index in [1.807, 2.05) is 30.5 Å². The third-order valence-electron chi connectivity index (χ3n) is 8.79. The van der Waals surface area contributed by atoms with Crippen LogP contribution in [0.3, 0.4) is 0 Å². The number of rotatable bonds is 5. The zero-order chi connectivity index (χ0) is 29.7. The first-order valence-corrected chi connectivity index (χ1v) is 15.8. The van der Waals surface area contributed by atoms with E-state index < -0.39 is 0 Å². The van der Waals surface area contributed by atoms with Crippen LogP contribution >= 0.6 is 35.4 Å². The molecule has 0 spiro atoms. The van der Waals surface area contributed by atoms with Gasteiger partial charge in [-0.15, -0.1) is 0 Å². The molecule has 0 unspecified atom stereocenters. The van der Waals surface area contributed by atoms with Gasteiger partial charge in [-0.3, -0.25) is 4.98 Å². The maximum absolute atomic E-state index is 7.04. The van der Waals surface area contributed by atoms with E-state index in [0.717, 1.165) is 62.8 Å². The second-order valence-corrected chi connectivity index (χ2v) is 13.2. The van der Waals surface area contributed by atoms with Crippen LogP contribution in [-0.4, -0.2) is 27.8 Å². The fraction of sp³-hybridized carbons (Fsp3) is 0.353. The highest BCUT2D eigenvalue weighted by Crippen LogP contribution is 2.45. The number of nitrogens with one attached hydrogen (secondary N) is 1. The number of aromatic nitrogens is 2. The van der Waals surface area contributed by atoms with Crippen LogP contribution in [-0.2, 0) is 0 Å².